The Morgan fingerprint density at radius 1 is 0.857 bits per heavy atom. The topological polar surface area (TPSA) is 16.1 Å². The van der Waals surface area contributed by atoms with Gasteiger partial charge < -0.3 is 4.57 Å². The van der Waals surface area contributed by atoms with Gasteiger partial charge in [0.1, 0.15) is 0 Å². The third-order valence-electron chi connectivity index (χ3n) is 4.31. The molecule has 144 valence electrons. The first-order valence-electron chi connectivity index (χ1n) is 8.01. The monoisotopic (exact) mass is 444 g/mol. The van der Waals surface area contributed by atoms with E-state index in [0.29, 0.717) is 16.3 Å². The van der Waals surface area contributed by atoms with Crippen LogP contribution in [0.3, 0.4) is 0 Å². The first-order chi connectivity index (χ1) is 13.3. The van der Waals surface area contributed by atoms with Crippen molar-refractivity contribution in [2.75, 3.05) is 4.57 Å². The summed E-state index contributed by atoms with van der Waals surface area (Å²) in [6.45, 7) is -3.91. The molecule has 0 spiro atoms. The van der Waals surface area contributed by atoms with Crippen molar-refractivity contribution in [2.45, 2.75) is 11.4 Å². The Morgan fingerprint density at radius 2 is 1.46 bits per heavy atom. The standard InChI is InChI=1S/C18H10ClF5N2SSi/c19-28(18-16(23)14(21)13(20)15(22)17(18)24)26(9-10-5-3-4-8-25-10)11-6-1-2-7-12(11)27-28/h1-8H,9H2. The van der Waals surface area contributed by atoms with Gasteiger partial charge in [-0.15, -0.1) is 22.3 Å². The Morgan fingerprint density at radius 3 is 2.11 bits per heavy atom. The van der Waals surface area contributed by atoms with E-state index in [4.69, 9.17) is 11.1 Å². The van der Waals surface area contributed by atoms with Crippen molar-refractivity contribution in [3.8, 4) is 0 Å². The van der Waals surface area contributed by atoms with E-state index >= 15 is 0 Å². The van der Waals surface area contributed by atoms with Crippen LogP contribution in [0.25, 0.3) is 0 Å². The van der Waals surface area contributed by atoms with Crippen molar-refractivity contribution < 1.29 is 22.0 Å². The lowest BCUT2D eigenvalue weighted by atomic mass is 10.3. The molecule has 1 aliphatic heterocycles. The van der Waals surface area contributed by atoms with Crippen molar-refractivity contribution >= 4 is 39.9 Å². The van der Waals surface area contributed by atoms with Gasteiger partial charge in [0, 0.05) is 16.8 Å². The molecule has 0 bridgehead atoms. The second-order valence-electron chi connectivity index (χ2n) is 5.98. The zero-order valence-electron chi connectivity index (χ0n) is 13.9. The van der Waals surface area contributed by atoms with Crippen molar-refractivity contribution in [1.29, 1.82) is 0 Å². The minimum Gasteiger partial charge on any atom is -0.367 e. The number of anilines is 1. The summed E-state index contributed by atoms with van der Waals surface area (Å²) >= 11 is 7.69. The van der Waals surface area contributed by atoms with E-state index in [0.717, 1.165) is 11.2 Å². The Balaban J connectivity index is 1.93. The van der Waals surface area contributed by atoms with Gasteiger partial charge in [-0.1, -0.05) is 18.2 Å². The fourth-order valence-electron chi connectivity index (χ4n) is 3.02. The van der Waals surface area contributed by atoms with Crippen LogP contribution in [-0.2, 0) is 6.54 Å². The average Bonchev–Trinajstić information content (AvgIpc) is 2.98. The maximum atomic E-state index is 14.6. The molecule has 4 rings (SSSR count). The Bertz CT molecular complexity index is 1040. The van der Waals surface area contributed by atoms with Crippen LogP contribution in [0.2, 0.25) is 0 Å². The number of hydrogen-bond donors (Lipinski definition) is 0. The van der Waals surface area contributed by atoms with Crippen LogP contribution < -0.4 is 9.75 Å². The number of benzene rings is 2. The van der Waals surface area contributed by atoms with Gasteiger partial charge in [0.2, 0.25) is 5.82 Å². The average molecular weight is 445 g/mol. The predicted molar refractivity (Wildman–Crippen MR) is 100 cm³/mol. The van der Waals surface area contributed by atoms with Gasteiger partial charge in [-0.25, -0.2) is 22.0 Å². The summed E-state index contributed by atoms with van der Waals surface area (Å²) in [5.41, 5.74) is 1.10. The molecule has 2 aromatic carbocycles. The Labute approximate surface area is 166 Å². The minimum absolute atomic E-state index is 0.0556. The summed E-state index contributed by atoms with van der Waals surface area (Å²) in [6.07, 6.45) is 1.54. The number of rotatable bonds is 3. The molecule has 1 unspecified atom stereocenters. The van der Waals surface area contributed by atoms with Gasteiger partial charge >= 0.3 is 6.69 Å². The highest BCUT2D eigenvalue weighted by atomic mass is 35.6. The van der Waals surface area contributed by atoms with Gasteiger partial charge in [0.05, 0.1) is 17.4 Å². The molecule has 0 aliphatic carbocycles. The number of nitrogens with zero attached hydrogens (tertiary/aromatic N) is 2. The normalized spacial score (nSPS) is 18.4. The molecular weight excluding hydrogens is 435 g/mol. The van der Waals surface area contributed by atoms with Crippen LogP contribution in [0.5, 0.6) is 0 Å². The van der Waals surface area contributed by atoms with Crippen LogP contribution in [0.15, 0.2) is 53.6 Å². The fraction of sp³-hybridized carbons (Fsp3) is 0.0556. The van der Waals surface area contributed by atoms with E-state index in [2.05, 4.69) is 4.98 Å². The molecule has 0 N–H and O–H groups in total. The Hall–Kier alpha value is -2.10. The third kappa shape index (κ3) is 2.89. The van der Waals surface area contributed by atoms with Gasteiger partial charge in [-0.05, 0) is 24.3 Å². The molecule has 0 saturated carbocycles. The van der Waals surface area contributed by atoms with Crippen LogP contribution in [0, 0.1) is 29.1 Å². The molecule has 2 heterocycles. The van der Waals surface area contributed by atoms with Gasteiger partial charge in [0.25, 0.3) is 0 Å². The third-order valence-corrected chi connectivity index (χ3v) is 11.9. The molecule has 0 radical (unpaired) electrons. The zero-order valence-corrected chi connectivity index (χ0v) is 16.5. The summed E-state index contributed by atoms with van der Waals surface area (Å²) in [6, 6.07) is 11.9. The fourth-order valence-corrected chi connectivity index (χ4v) is 10.7. The number of hydrogen-bond acceptors (Lipinski definition) is 3. The lowest BCUT2D eigenvalue weighted by Crippen LogP contribution is -2.56. The second-order valence-corrected chi connectivity index (χ2v) is 13.5. The molecule has 1 atom stereocenters. The number of aromatic nitrogens is 1. The highest BCUT2D eigenvalue weighted by molar-refractivity contribution is 8.36. The van der Waals surface area contributed by atoms with E-state index in [1.54, 1.807) is 48.7 Å². The van der Waals surface area contributed by atoms with Gasteiger partial charge in [-0.3, -0.25) is 4.98 Å². The quantitative estimate of drug-likeness (QED) is 0.186. The highest BCUT2D eigenvalue weighted by Crippen LogP contribution is 2.50. The molecule has 10 heteroatoms. The predicted octanol–water partition coefficient (Wildman–Crippen LogP) is 4.97. The van der Waals surface area contributed by atoms with Crippen molar-refractivity contribution in [2.24, 2.45) is 0 Å². The van der Waals surface area contributed by atoms with Crippen LogP contribution >= 0.6 is 22.3 Å². The van der Waals surface area contributed by atoms with Crippen LogP contribution in [-0.4, -0.2) is 11.7 Å². The van der Waals surface area contributed by atoms with E-state index in [9.17, 15) is 22.0 Å². The SMILES string of the molecule is Fc1c(F)c(F)c([Si]2(Cl)Sc3ccccc3N2Cc2ccccn2)c(F)c1F. The lowest BCUT2D eigenvalue weighted by Gasteiger charge is -2.32. The number of halogens is 6. The van der Waals surface area contributed by atoms with Gasteiger partial charge in [0.15, 0.2) is 23.3 Å². The first kappa shape index (κ1) is 19.2. The smallest absolute Gasteiger partial charge is 0.362 e. The van der Waals surface area contributed by atoms with Crippen LogP contribution in [0.4, 0.5) is 27.6 Å². The molecule has 0 fully saturated rings. The first-order valence-corrected chi connectivity index (χ1v) is 12.5. The van der Waals surface area contributed by atoms with Crippen molar-refractivity contribution in [3.05, 3.63) is 83.4 Å². The maximum Gasteiger partial charge on any atom is 0.362 e. The maximum absolute atomic E-state index is 14.6. The van der Waals surface area contributed by atoms with E-state index in [-0.39, 0.29) is 6.54 Å². The highest BCUT2D eigenvalue weighted by Gasteiger charge is 2.53. The molecule has 1 aromatic heterocycles. The van der Waals surface area contributed by atoms with Crippen molar-refractivity contribution in [1.82, 2.24) is 4.98 Å². The summed E-state index contributed by atoms with van der Waals surface area (Å²) in [5.74, 6) is -10.0. The van der Waals surface area contributed by atoms with E-state index in [1.165, 1.54) is 4.57 Å². The molecular formula is C18H10ClF5N2SSi. The molecule has 0 saturated heterocycles. The van der Waals surface area contributed by atoms with E-state index in [1.807, 2.05) is 0 Å². The number of fused-ring (bicyclic) bond motifs is 1. The Kier molecular flexibility index (Phi) is 4.84. The molecule has 3 aromatic rings. The molecule has 2 nitrogen and oxygen atoms in total. The van der Waals surface area contributed by atoms with Gasteiger partial charge in [-0.2, -0.15) is 0 Å². The largest absolute Gasteiger partial charge is 0.367 e. The molecule has 0 amide bonds. The summed E-state index contributed by atoms with van der Waals surface area (Å²) in [5, 5.41) is -0.970. The summed E-state index contributed by atoms with van der Waals surface area (Å²) in [7, 11) is 0. The number of pyridine rings is 1. The zero-order chi connectivity index (χ0) is 20.1. The summed E-state index contributed by atoms with van der Waals surface area (Å²) in [4.78, 5) is 4.79. The van der Waals surface area contributed by atoms with Crippen LogP contribution in [0.1, 0.15) is 5.69 Å². The summed E-state index contributed by atoms with van der Waals surface area (Å²) < 4.78 is 72.0. The molecule has 28 heavy (non-hydrogen) atoms. The lowest BCUT2D eigenvalue weighted by molar-refractivity contribution is 0.384. The van der Waals surface area contributed by atoms with E-state index < -0.39 is 41.0 Å². The second kappa shape index (κ2) is 7.05. The minimum atomic E-state index is -3.97. The van der Waals surface area contributed by atoms with Crippen molar-refractivity contribution in [3.63, 3.8) is 0 Å². The molecule has 1 aliphatic rings. The number of para-hydroxylation sites is 1.